The molecule has 2 aromatic rings. The van der Waals surface area contributed by atoms with Crippen LogP contribution in [0.3, 0.4) is 0 Å². The van der Waals surface area contributed by atoms with E-state index < -0.39 is 6.04 Å². The summed E-state index contributed by atoms with van der Waals surface area (Å²) in [6.07, 6.45) is -0.352. The summed E-state index contributed by atoms with van der Waals surface area (Å²) in [4.78, 5) is 29.6. The second-order valence-corrected chi connectivity index (χ2v) is 8.27. The number of nitrogens with zero attached hydrogens (tertiary/aromatic N) is 3. The highest BCUT2D eigenvalue weighted by Crippen LogP contribution is 2.37. The predicted molar refractivity (Wildman–Crippen MR) is 131 cm³/mol. The number of carbonyl (C=O) groups excluding carboxylic acids is 1. The number of benzene rings is 1. The monoisotopic (exact) mass is 489 g/mol. The second kappa shape index (κ2) is 11.9. The van der Waals surface area contributed by atoms with E-state index in [4.69, 9.17) is 18.9 Å². The van der Waals surface area contributed by atoms with Crippen molar-refractivity contribution in [3.63, 3.8) is 0 Å². The Morgan fingerprint density at radius 1 is 1.06 bits per heavy atom. The van der Waals surface area contributed by atoms with E-state index in [1.165, 1.54) is 0 Å². The lowest BCUT2D eigenvalue weighted by Gasteiger charge is -2.39. The van der Waals surface area contributed by atoms with Gasteiger partial charge in [-0.05, 0) is 37.6 Å². The average molecular weight is 490 g/mol. The first-order valence-electron chi connectivity index (χ1n) is 11.7. The van der Waals surface area contributed by atoms with Gasteiger partial charge in [0, 0.05) is 45.5 Å². The molecular formula is C25H35N3O7. The van der Waals surface area contributed by atoms with Crippen LogP contribution in [-0.2, 0) is 16.0 Å². The van der Waals surface area contributed by atoms with Crippen molar-refractivity contribution in [1.29, 1.82) is 0 Å². The van der Waals surface area contributed by atoms with Crippen LogP contribution < -0.4 is 15.0 Å². The van der Waals surface area contributed by atoms with E-state index in [0.29, 0.717) is 63.1 Å². The molecule has 3 rings (SSSR count). The van der Waals surface area contributed by atoms with Crippen LogP contribution in [0.1, 0.15) is 29.8 Å². The van der Waals surface area contributed by atoms with Crippen LogP contribution in [0, 0.1) is 6.92 Å². The fourth-order valence-corrected chi connectivity index (χ4v) is 4.45. The van der Waals surface area contributed by atoms with E-state index in [2.05, 4.69) is 4.90 Å². The quantitative estimate of drug-likeness (QED) is 0.573. The lowest BCUT2D eigenvalue weighted by molar-refractivity contribution is 0.0708. The summed E-state index contributed by atoms with van der Waals surface area (Å²) in [6.45, 7) is 6.45. The summed E-state index contributed by atoms with van der Waals surface area (Å²) >= 11 is 0. The van der Waals surface area contributed by atoms with Crippen molar-refractivity contribution in [2.45, 2.75) is 26.4 Å². The Morgan fingerprint density at radius 3 is 2.34 bits per heavy atom. The number of aromatic hydroxyl groups is 1. The molecule has 0 saturated carbocycles. The minimum absolute atomic E-state index is 0.0752. The van der Waals surface area contributed by atoms with Gasteiger partial charge < -0.3 is 33.5 Å². The number of piperazine rings is 1. The highest BCUT2D eigenvalue weighted by Gasteiger charge is 2.33. The van der Waals surface area contributed by atoms with E-state index in [1.807, 2.05) is 12.1 Å². The number of ether oxygens (including phenoxy) is 4. The molecule has 1 atom stereocenters. The highest BCUT2D eigenvalue weighted by molar-refractivity contribution is 5.67. The number of hydrogen-bond donors (Lipinski definition) is 1. The van der Waals surface area contributed by atoms with E-state index in [9.17, 15) is 14.7 Å². The molecule has 35 heavy (non-hydrogen) atoms. The zero-order valence-corrected chi connectivity index (χ0v) is 21.1. The van der Waals surface area contributed by atoms with Crippen LogP contribution in [0.2, 0.25) is 0 Å². The van der Waals surface area contributed by atoms with E-state index in [0.717, 1.165) is 5.56 Å². The van der Waals surface area contributed by atoms with Gasteiger partial charge in [0.1, 0.15) is 5.75 Å². The number of aromatic nitrogens is 1. The fourth-order valence-electron chi connectivity index (χ4n) is 4.45. The molecule has 10 heteroatoms. The van der Waals surface area contributed by atoms with Gasteiger partial charge in [-0.1, -0.05) is 6.07 Å². The van der Waals surface area contributed by atoms with Crippen molar-refractivity contribution in [1.82, 2.24) is 14.4 Å². The number of rotatable bonds is 9. The minimum atomic E-state index is -0.568. The maximum Gasteiger partial charge on any atom is 0.409 e. The lowest BCUT2D eigenvalue weighted by Crippen LogP contribution is -2.50. The number of hydrogen-bond acceptors (Lipinski definition) is 8. The van der Waals surface area contributed by atoms with E-state index in [-0.39, 0.29) is 23.0 Å². The molecule has 1 fully saturated rings. The molecule has 2 heterocycles. The van der Waals surface area contributed by atoms with Gasteiger partial charge in [0.05, 0.1) is 39.0 Å². The third-order valence-electron chi connectivity index (χ3n) is 6.24. The highest BCUT2D eigenvalue weighted by atomic mass is 16.6. The molecule has 1 saturated heterocycles. The Kier molecular flexibility index (Phi) is 9.00. The first-order valence-corrected chi connectivity index (χ1v) is 11.7. The van der Waals surface area contributed by atoms with E-state index in [1.54, 1.807) is 56.8 Å². The largest absolute Gasteiger partial charge is 0.507 e. The summed E-state index contributed by atoms with van der Waals surface area (Å²) in [5, 5.41) is 11.0. The number of pyridine rings is 1. The average Bonchev–Trinajstić information content (AvgIpc) is 2.86. The predicted octanol–water partition coefficient (Wildman–Crippen LogP) is 2.39. The molecule has 0 radical (unpaired) electrons. The van der Waals surface area contributed by atoms with Gasteiger partial charge in [-0.3, -0.25) is 9.69 Å². The molecule has 1 aliphatic heterocycles. The second-order valence-electron chi connectivity index (χ2n) is 8.27. The lowest BCUT2D eigenvalue weighted by atomic mass is 9.95. The summed E-state index contributed by atoms with van der Waals surface area (Å²) in [5.41, 5.74) is 1.39. The molecule has 1 aromatic carbocycles. The fraction of sp³-hybridized carbons (Fsp3) is 0.520. The zero-order chi connectivity index (χ0) is 25.5. The summed E-state index contributed by atoms with van der Waals surface area (Å²) in [7, 11) is 4.69. The molecule has 192 valence electrons. The Morgan fingerprint density at radius 2 is 1.74 bits per heavy atom. The molecule has 0 unspecified atom stereocenters. The zero-order valence-electron chi connectivity index (χ0n) is 21.1. The van der Waals surface area contributed by atoms with Crippen molar-refractivity contribution in [2.75, 3.05) is 60.7 Å². The molecule has 10 nitrogen and oxygen atoms in total. The summed E-state index contributed by atoms with van der Waals surface area (Å²) < 4.78 is 22.8. The van der Waals surface area contributed by atoms with Gasteiger partial charge in [0.2, 0.25) is 0 Å². The molecule has 1 aromatic heterocycles. The van der Waals surface area contributed by atoms with Crippen LogP contribution >= 0.6 is 0 Å². The van der Waals surface area contributed by atoms with Crippen LogP contribution in [0.25, 0.3) is 0 Å². The smallest absolute Gasteiger partial charge is 0.409 e. The SMILES string of the molecule is CCOC(=O)N1CCN([C@H](c2ccc(OC)c(OC)c2)c2c(O)cc(C)n(CCOC)c2=O)CC1. The Hall–Kier alpha value is -3.24. The van der Waals surface area contributed by atoms with Crippen molar-refractivity contribution in [3.05, 3.63) is 51.4 Å². The molecule has 1 aliphatic rings. The molecule has 0 spiro atoms. The van der Waals surface area contributed by atoms with Crippen molar-refractivity contribution >= 4 is 6.09 Å². The first kappa shape index (κ1) is 26.4. The van der Waals surface area contributed by atoms with E-state index >= 15 is 0 Å². The normalized spacial score (nSPS) is 15.1. The van der Waals surface area contributed by atoms with Gasteiger partial charge in [0.25, 0.3) is 5.56 Å². The first-order chi connectivity index (χ1) is 16.9. The Bertz CT molecular complexity index is 1080. The van der Waals surface area contributed by atoms with Gasteiger partial charge in [-0.25, -0.2) is 4.79 Å². The number of methoxy groups -OCH3 is 3. The number of amides is 1. The van der Waals surface area contributed by atoms with Crippen molar-refractivity contribution < 1.29 is 28.8 Å². The van der Waals surface area contributed by atoms with Gasteiger partial charge in [-0.2, -0.15) is 0 Å². The van der Waals surface area contributed by atoms with Crippen molar-refractivity contribution in [2.24, 2.45) is 0 Å². The third-order valence-corrected chi connectivity index (χ3v) is 6.24. The van der Waals surface area contributed by atoms with Crippen molar-refractivity contribution in [3.8, 4) is 17.2 Å². The van der Waals surface area contributed by atoms with Gasteiger partial charge >= 0.3 is 6.09 Å². The van der Waals surface area contributed by atoms with Crippen LogP contribution in [-0.4, -0.2) is 86.3 Å². The van der Waals surface area contributed by atoms with Gasteiger partial charge in [0.15, 0.2) is 11.5 Å². The minimum Gasteiger partial charge on any atom is -0.507 e. The Labute approximate surface area is 205 Å². The third kappa shape index (κ3) is 5.71. The van der Waals surface area contributed by atoms with Crippen LogP contribution in [0.5, 0.6) is 17.2 Å². The summed E-state index contributed by atoms with van der Waals surface area (Å²) in [5.74, 6) is 1.01. The van der Waals surface area contributed by atoms with Crippen LogP contribution in [0.4, 0.5) is 4.79 Å². The topological polar surface area (TPSA) is 103 Å². The van der Waals surface area contributed by atoms with Crippen LogP contribution in [0.15, 0.2) is 29.1 Å². The summed E-state index contributed by atoms with van der Waals surface area (Å²) in [6, 6.07) is 6.50. The molecule has 0 bridgehead atoms. The molecule has 1 N–H and O–H groups in total. The molecular weight excluding hydrogens is 454 g/mol. The maximum absolute atomic E-state index is 13.7. The Balaban J connectivity index is 2.09. The standard InChI is InChI=1S/C25H35N3O7/c1-6-35-25(31)27-11-9-26(10-12-27)23(18-7-8-20(33-4)21(16-18)34-5)22-19(29)15-17(2)28(24(22)30)13-14-32-3/h7-8,15-16,23,29H,6,9-14H2,1-5H3/t23-/m1/s1. The maximum atomic E-state index is 13.7. The molecule has 1 amide bonds. The molecule has 0 aliphatic carbocycles. The number of carbonyl (C=O) groups is 1. The van der Waals surface area contributed by atoms with Gasteiger partial charge in [-0.15, -0.1) is 0 Å². The number of aryl methyl sites for hydroxylation is 1.